The summed E-state index contributed by atoms with van der Waals surface area (Å²) in [6.07, 6.45) is 5.40. The van der Waals surface area contributed by atoms with Crippen molar-refractivity contribution in [1.82, 2.24) is 4.98 Å². The molecule has 2 aromatic heterocycles. The largest absolute Gasteiger partial charge is 0.505 e. The summed E-state index contributed by atoms with van der Waals surface area (Å²) in [4.78, 5) is 7.37. The number of aromatic nitrogens is 2. The molecule has 2 aromatic carbocycles. The minimum absolute atomic E-state index is 0.176. The van der Waals surface area contributed by atoms with E-state index < -0.39 is 0 Å². The smallest absolute Gasteiger partial charge is 0.167 e. The molecule has 0 radical (unpaired) electrons. The highest BCUT2D eigenvalue weighted by Crippen LogP contribution is 2.36. The zero-order valence-corrected chi connectivity index (χ0v) is 14.6. The number of phenolic OH excluding ortho intramolecular Hbond substituents is 1. The fraction of sp³-hybridized carbons (Fsp3) is 0.0476. The zero-order valence-electron chi connectivity index (χ0n) is 13.9. The summed E-state index contributed by atoms with van der Waals surface area (Å²) in [7, 11) is 0. The van der Waals surface area contributed by atoms with Gasteiger partial charge in [0.25, 0.3) is 0 Å². The highest BCUT2D eigenvalue weighted by atomic mass is 35.5. The van der Waals surface area contributed by atoms with Crippen molar-refractivity contribution in [3.05, 3.63) is 95.4 Å². The van der Waals surface area contributed by atoms with Crippen molar-refractivity contribution in [2.45, 2.75) is 6.04 Å². The normalized spacial score (nSPS) is 12.0. The van der Waals surface area contributed by atoms with Gasteiger partial charge in [0.1, 0.15) is 11.3 Å². The lowest BCUT2D eigenvalue weighted by atomic mass is 9.96. The number of phenols is 1. The van der Waals surface area contributed by atoms with Crippen molar-refractivity contribution in [2.75, 3.05) is 5.32 Å². The molecule has 1 atom stereocenters. The molecule has 4 nitrogen and oxygen atoms in total. The molecule has 26 heavy (non-hydrogen) atoms. The highest BCUT2D eigenvalue weighted by molar-refractivity contribution is 6.30. The van der Waals surface area contributed by atoms with E-state index in [0.29, 0.717) is 10.5 Å². The lowest BCUT2D eigenvalue weighted by Crippen LogP contribution is -2.14. The number of pyridine rings is 2. The summed E-state index contributed by atoms with van der Waals surface area (Å²) in [5, 5.41) is 15.9. The maximum atomic E-state index is 10.9. The van der Waals surface area contributed by atoms with Gasteiger partial charge in [0.05, 0.1) is 6.04 Å². The third-order valence-electron chi connectivity index (χ3n) is 4.30. The number of aromatic hydroxyl groups is 1. The summed E-state index contributed by atoms with van der Waals surface area (Å²) in [5.41, 5.74) is 3.22. The lowest BCUT2D eigenvalue weighted by Gasteiger charge is -2.22. The van der Waals surface area contributed by atoms with Crippen molar-refractivity contribution < 1.29 is 10.1 Å². The van der Waals surface area contributed by atoms with E-state index in [-0.39, 0.29) is 11.8 Å². The Morgan fingerprint density at radius 2 is 1.85 bits per heavy atom. The van der Waals surface area contributed by atoms with Crippen LogP contribution in [0.25, 0.3) is 10.9 Å². The van der Waals surface area contributed by atoms with Crippen molar-refractivity contribution in [1.29, 1.82) is 0 Å². The molecule has 3 N–H and O–H groups in total. The van der Waals surface area contributed by atoms with Gasteiger partial charge < -0.3 is 10.4 Å². The van der Waals surface area contributed by atoms with Gasteiger partial charge in [0.2, 0.25) is 0 Å². The molecular formula is C21H17ClN3O+. The van der Waals surface area contributed by atoms with E-state index in [1.807, 2.05) is 73.1 Å². The lowest BCUT2D eigenvalue weighted by molar-refractivity contribution is -0.378. The third kappa shape index (κ3) is 3.19. The van der Waals surface area contributed by atoms with E-state index in [2.05, 4.69) is 15.3 Å². The van der Waals surface area contributed by atoms with Crippen LogP contribution in [0, 0.1) is 0 Å². The molecule has 5 heteroatoms. The molecule has 0 saturated heterocycles. The third-order valence-corrected chi connectivity index (χ3v) is 4.54. The van der Waals surface area contributed by atoms with E-state index >= 15 is 0 Å². The molecule has 128 valence electrons. The van der Waals surface area contributed by atoms with Gasteiger partial charge in [-0.25, -0.2) is 4.98 Å². The Morgan fingerprint density at radius 3 is 2.65 bits per heavy atom. The number of benzene rings is 2. The number of nitrogens with one attached hydrogen (secondary N) is 2. The van der Waals surface area contributed by atoms with Crippen LogP contribution >= 0.6 is 11.6 Å². The average Bonchev–Trinajstić information content (AvgIpc) is 2.68. The molecule has 0 amide bonds. The molecule has 2 heterocycles. The van der Waals surface area contributed by atoms with Crippen molar-refractivity contribution >= 4 is 28.2 Å². The van der Waals surface area contributed by atoms with Gasteiger partial charge in [-0.1, -0.05) is 35.9 Å². The van der Waals surface area contributed by atoms with Crippen molar-refractivity contribution in [2.24, 2.45) is 0 Å². The number of nitrogens with zero attached hydrogens (tertiary/aromatic N) is 1. The predicted molar refractivity (Wildman–Crippen MR) is 103 cm³/mol. The maximum Gasteiger partial charge on any atom is 0.167 e. The summed E-state index contributed by atoms with van der Waals surface area (Å²) < 4.78 is 0. The molecule has 4 aromatic rings. The topological polar surface area (TPSA) is 59.3 Å². The van der Waals surface area contributed by atoms with Crippen LogP contribution in [-0.2, 0) is 0 Å². The molecule has 0 fully saturated rings. The van der Waals surface area contributed by atoms with E-state index in [1.165, 1.54) is 0 Å². The minimum atomic E-state index is -0.255. The summed E-state index contributed by atoms with van der Waals surface area (Å²) in [5.74, 6) is 0.176. The SMILES string of the molecule is Oc1c(C(Nc2cccc(Cl)c2)c2cc[nH+]cc2)ccc2cccnc12. The van der Waals surface area contributed by atoms with Crippen LogP contribution in [0.15, 0.2) is 79.3 Å². The first-order valence-corrected chi connectivity index (χ1v) is 8.65. The number of fused-ring (bicyclic) bond motifs is 1. The second kappa shape index (κ2) is 7.02. The van der Waals surface area contributed by atoms with Gasteiger partial charge in [-0.2, -0.15) is 0 Å². The van der Waals surface area contributed by atoms with Gasteiger partial charge in [-0.3, -0.25) is 4.98 Å². The second-order valence-corrected chi connectivity index (χ2v) is 6.44. The van der Waals surface area contributed by atoms with Crippen LogP contribution in [0.4, 0.5) is 5.69 Å². The van der Waals surface area contributed by atoms with E-state index in [0.717, 1.165) is 22.2 Å². The van der Waals surface area contributed by atoms with E-state index in [4.69, 9.17) is 11.6 Å². The van der Waals surface area contributed by atoms with Gasteiger partial charge >= 0.3 is 0 Å². The number of anilines is 1. The second-order valence-electron chi connectivity index (χ2n) is 6.00. The Labute approximate surface area is 156 Å². The monoisotopic (exact) mass is 362 g/mol. The van der Waals surface area contributed by atoms with Crippen LogP contribution in [-0.4, -0.2) is 10.1 Å². The summed E-state index contributed by atoms with van der Waals surface area (Å²) in [6.45, 7) is 0. The molecular weight excluding hydrogens is 346 g/mol. The van der Waals surface area contributed by atoms with Gasteiger partial charge in [-0.15, -0.1) is 0 Å². The molecule has 4 rings (SSSR count). The quantitative estimate of drug-likeness (QED) is 0.557. The first-order valence-electron chi connectivity index (χ1n) is 8.27. The molecule has 0 aliphatic carbocycles. The molecule has 0 bridgehead atoms. The number of H-pyrrole nitrogens is 1. The summed E-state index contributed by atoms with van der Waals surface area (Å²) >= 11 is 6.13. The average molecular weight is 363 g/mol. The van der Waals surface area contributed by atoms with Crippen molar-refractivity contribution in [3.63, 3.8) is 0 Å². The van der Waals surface area contributed by atoms with Gasteiger partial charge in [0, 0.05) is 40.0 Å². The maximum absolute atomic E-state index is 10.9. The van der Waals surface area contributed by atoms with Crippen LogP contribution in [0.2, 0.25) is 5.02 Å². The number of hydrogen-bond acceptors (Lipinski definition) is 3. The Balaban J connectivity index is 1.84. The molecule has 0 aliphatic heterocycles. The van der Waals surface area contributed by atoms with Crippen LogP contribution in [0.1, 0.15) is 17.2 Å². The van der Waals surface area contributed by atoms with Crippen LogP contribution in [0.3, 0.4) is 0 Å². The first-order chi connectivity index (χ1) is 12.7. The highest BCUT2D eigenvalue weighted by Gasteiger charge is 2.20. The zero-order chi connectivity index (χ0) is 17.9. The number of rotatable bonds is 4. The standard InChI is InChI=1S/C21H16ClN3O/c22-16-4-1-5-17(13-16)25-19(15-8-11-23-12-9-15)18-7-6-14-3-2-10-24-20(14)21(18)26/h1-13,19,25-26H/p+1. The van der Waals surface area contributed by atoms with Crippen LogP contribution in [0.5, 0.6) is 5.75 Å². The molecule has 0 spiro atoms. The molecule has 1 unspecified atom stereocenters. The fourth-order valence-corrected chi connectivity index (χ4v) is 3.25. The Kier molecular flexibility index (Phi) is 4.42. The van der Waals surface area contributed by atoms with E-state index in [1.54, 1.807) is 6.20 Å². The minimum Gasteiger partial charge on any atom is -0.505 e. The number of hydrogen-bond donors (Lipinski definition) is 2. The number of halogens is 1. The Bertz CT molecular complexity index is 1050. The Morgan fingerprint density at radius 1 is 1.00 bits per heavy atom. The molecule has 0 saturated carbocycles. The number of aromatic amines is 1. The van der Waals surface area contributed by atoms with Crippen molar-refractivity contribution in [3.8, 4) is 5.75 Å². The predicted octanol–water partition coefficient (Wildman–Crippen LogP) is 4.61. The van der Waals surface area contributed by atoms with Gasteiger partial charge in [0.15, 0.2) is 12.4 Å². The van der Waals surface area contributed by atoms with Gasteiger partial charge in [-0.05, 0) is 29.8 Å². The summed E-state index contributed by atoms with van der Waals surface area (Å²) in [6, 6.07) is 18.9. The Hall–Kier alpha value is -3.11. The molecule has 0 aliphatic rings. The fourth-order valence-electron chi connectivity index (χ4n) is 3.06. The first kappa shape index (κ1) is 16.4. The van der Waals surface area contributed by atoms with Crippen LogP contribution < -0.4 is 10.3 Å². The van der Waals surface area contributed by atoms with E-state index in [9.17, 15) is 5.11 Å².